The molecule has 0 aliphatic rings. The third-order valence-electron chi connectivity index (χ3n) is 3.38. The zero-order valence-corrected chi connectivity index (χ0v) is 10.9. The number of rotatable bonds is 5. The van der Waals surface area contributed by atoms with Gasteiger partial charge in [0.2, 0.25) is 0 Å². The first-order valence-corrected chi connectivity index (χ1v) is 6.72. The summed E-state index contributed by atoms with van der Waals surface area (Å²) in [6.07, 6.45) is 3.06. The summed E-state index contributed by atoms with van der Waals surface area (Å²) in [5.41, 5.74) is 3.92. The molecular weight excluding hydrogens is 232 g/mol. The summed E-state index contributed by atoms with van der Waals surface area (Å²) >= 11 is 0. The lowest BCUT2D eigenvalue weighted by molar-refractivity contribution is 0.687. The van der Waals surface area contributed by atoms with Crippen molar-refractivity contribution >= 4 is 10.9 Å². The number of hydrogen-bond donors (Lipinski definition) is 2. The summed E-state index contributed by atoms with van der Waals surface area (Å²) in [6.45, 7) is 1.93. The lowest BCUT2D eigenvalue weighted by Crippen LogP contribution is -2.16. The van der Waals surface area contributed by atoms with Crippen LogP contribution >= 0.6 is 0 Å². The Labute approximate surface area is 113 Å². The van der Waals surface area contributed by atoms with Crippen molar-refractivity contribution in [3.63, 3.8) is 0 Å². The van der Waals surface area contributed by atoms with E-state index in [9.17, 15) is 0 Å². The Balaban J connectivity index is 1.52. The van der Waals surface area contributed by atoms with Gasteiger partial charge in [-0.2, -0.15) is 0 Å². The van der Waals surface area contributed by atoms with E-state index in [1.807, 2.05) is 6.20 Å². The van der Waals surface area contributed by atoms with Gasteiger partial charge in [-0.3, -0.25) is 0 Å². The molecule has 19 heavy (non-hydrogen) atoms. The van der Waals surface area contributed by atoms with E-state index in [1.54, 1.807) is 0 Å². The molecule has 0 bridgehead atoms. The fourth-order valence-electron chi connectivity index (χ4n) is 2.32. The highest BCUT2D eigenvalue weighted by atomic mass is 14.8. The molecule has 96 valence electrons. The van der Waals surface area contributed by atoms with Crippen molar-refractivity contribution in [2.75, 3.05) is 6.54 Å². The van der Waals surface area contributed by atoms with Crippen molar-refractivity contribution in [2.45, 2.75) is 13.0 Å². The van der Waals surface area contributed by atoms with Gasteiger partial charge >= 0.3 is 0 Å². The molecule has 0 saturated heterocycles. The van der Waals surface area contributed by atoms with Crippen LogP contribution in [0.2, 0.25) is 0 Å². The Morgan fingerprint density at radius 2 is 1.79 bits per heavy atom. The van der Waals surface area contributed by atoms with E-state index in [4.69, 9.17) is 0 Å². The fourth-order valence-corrected chi connectivity index (χ4v) is 2.32. The molecule has 3 aromatic rings. The van der Waals surface area contributed by atoms with Crippen LogP contribution in [0.3, 0.4) is 0 Å². The second kappa shape index (κ2) is 5.72. The van der Waals surface area contributed by atoms with Gasteiger partial charge in [0.05, 0.1) is 0 Å². The lowest BCUT2D eigenvalue weighted by atomic mass is 10.1. The summed E-state index contributed by atoms with van der Waals surface area (Å²) in [7, 11) is 0. The molecule has 3 rings (SSSR count). The molecule has 1 aromatic heterocycles. The first kappa shape index (κ1) is 12.0. The Morgan fingerprint density at radius 3 is 2.68 bits per heavy atom. The van der Waals surface area contributed by atoms with Crippen molar-refractivity contribution in [2.24, 2.45) is 0 Å². The molecule has 0 aliphatic heterocycles. The van der Waals surface area contributed by atoms with Crippen LogP contribution in [0.25, 0.3) is 10.9 Å². The van der Waals surface area contributed by atoms with E-state index in [0.29, 0.717) is 0 Å². The third-order valence-corrected chi connectivity index (χ3v) is 3.38. The van der Waals surface area contributed by atoms with Crippen LogP contribution < -0.4 is 5.32 Å². The largest absolute Gasteiger partial charge is 0.361 e. The van der Waals surface area contributed by atoms with Crippen LogP contribution in [0.5, 0.6) is 0 Å². The smallest absolute Gasteiger partial charge is 0.0454 e. The average molecular weight is 250 g/mol. The van der Waals surface area contributed by atoms with Gasteiger partial charge in [-0.25, -0.2) is 0 Å². The van der Waals surface area contributed by atoms with Gasteiger partial charge < -0.3 is 10.3 Å². The molecule has 0 unspecified atom stereocenters. The van der Waals surface area contributed by atoms with Gasteiger partial charge in [-0.05, 0) is 47.7 Å². The molecule has 2 nitrogen and oxygen atoms in total. The fraction of sp³-hybridized carbons (Fsp3) is 0.176. The predicted molar refractivity (Wildman–Crippen MR) is 80.2 cm³/mol. The highest BCUT2D eigenvalue weighted by molar-refractivity contribution is 5.79. The number of aromatic nitrogens is 1. The second-order valence-corrected chi connectivity index (χ2v) is 4.81. The van der Waals surface area contributed by atoms with E-state index in [0.717, 1.165) is 19.5 Å². The molecule has 2 aromatic carbocycles. The maximum atomic E-state index is 3.50. The highest BCUT2D eigenvalue weighted by Gasteiger charge is 1.97. The van der Waals surface area contributed by atoms with Crippen molar-refractivity contribution in [3.05, 3.63) is 71.9 Å². The first-order valence-electron chi connectivity index (χ1n) is 6.72. The number of fused-ring (bicyclic) bond motifs is 1. The SMILES string of the molecule is c1ccc(CCNCc2ccc3[nH]ccc3c2)cc1. The van der Waals surface area contributed by atoms with Crippen molar-refractivity contribution in [1.82, 2.24) is 10.3 Å². The van der Waals surface area contributed by atoms with Gasteiger partial charge in [0.25, 0.3) is 0 Å². The maximum absolute atomic E-state index is 3.50. The van der Waals surface area contributed by atoms with Crippen molar-refractivity contribution < 1.29 is 0 Å². The van der Waals surface area contributed by atoms with E-state index in [1.165, 1.54) is 22.0 Å². The van der Waals surface area contributed by atoms with Gasteiger partial charge in [0.15, 0.2) is 0 Å². The third kappa shape index (κ3) is 3.04. The van der Waals surface area contributed by atoms with Crippen LogP contribution in [0.4, 0.5) is 0 Å². The monoisotopic (exact) mass is 250 g/mol. The molecule has 1 heterocycles. The lowest BCUT2D eigenvalue weighted by Gasteiger charge is -2.05. The second-order valence-electron chi connectivity index (χ2n) is 4.81. The molecule has 0 spiro atoms. The zero-order valence-electron chi connectivity index (χ0n) is 10.9. The Hall–Kier alpha value is -2.06. The van der Waals surface area contributed by atoms with Crippen LogP contribution in [0, 0.1) is 0 Å². The van der Waals surface area contributed by atoms with E-state index in [-0.39, 0.29) is 0 Å². The van der Waals surface area contributed by atoms with E-state index < -0.39 is 0 Å². The van der Waals surface area contributed by atoms with Crippen LogP contribution in [-0.2, 0) is 13.0 Å². The minimum Gasteiger partial charge on any atom is -0.361 e. The van der Waals surface area contributed by atoms with Crippen molar-refractivity contribution in [3.8, 4) is 0 Å². The molecule has 2 N–H and O–H groups in total. The Kier molecular flexibility index (Phi) is 3.61. The highest BCUT2D eigenvalue weighted by Crippen LogP contribution is 2.14. The van der Waals surface area contributed by atoms with E-state index in [2.05, 4.69) is 64.9 Å². The summed E-state index contributed by atoms with van der Waals surface area (Å²) < 4.78 is 0. The van der Waals surface area contributed by atoms with Gasteiger partial charge in [-0.15, -0.1) is 0 Å². The van der Waals surface area contributed by atoms with Crippen molar-refractivity contribution in [1.29, 1.82) is 0 Å². The minimum atomic E-state index is 0.925. The van der Waals surface area contributed by atoms with Crippen LogP contribution in [0.1, 0.15) is 11.1 Å². The molecule has 0 saturated carbocycles. The predicted octanol–water partition coefficient (Wildman–Crippen LogP) is 3.50. The number of benzene rings is 2. The number of nitrogens with one attached hydrogen (secondary N) is 2. The summed E-state index contributed by atoms with van der Waals surface area (Å²) in [6, 6.07) is 19.3. The Morgan fingerprint density at radius 1 is 0.895 bits per heavy atom. The maximum Gasteiger partial charge on any atom is 0.0454 e. The molecule has 0 fully saturated rings. The van der Waals surface area contributed by atoms with Gasteiger partial charge in [0, 0.05) is 18.3 Å². The van der Waals surface area contributed by atoms with Crippen LogP contribution in [0.15, 0.2) is 60.8 Å². The molecule has 0 radical (unpaired) electrons. The number of hydrogen-bond acceptors (Lipinski definition) is 1. The van der Waals surface area contributed by atoms with Gasteiger partial charge in [-0.1, -0.05) is 36.4 Å². The van der Waals surface area contributed by atoms with Crippen LogP contribution in [-0.4, -0.2) is 11.5 Å². The molecule has 0 atom stereocenters. The molecule has 2 heteroatoms. The van der Waals surface area contributed by atoms with Gasteiger partial charge in [0.1, 0.15) is 0 Å². The topological polar surface area (TPSA) is 27.8 Å². The molecule has 0 amide bonds. The zero-order chi connectivity index (χ0) is 12.9. The summed E-state index contributed by atoms with van der Waals surface area (Å²) in [5, 5.41) is 4.78. The molecule has 0 aliphatic carbocycles. The normalized spacial score (nSPS) is 10.9. The van der Waals surface area contributed by atoms with E-state index >= 15 is 0 Å². The average Bonchev–Trinajstić information content (AvgIpc) is 2.92. The number of aromatic amines is 1. The summed E-state index contributed by atoms with van der Waals surface area (Å²) in [5.74, 6) is 0. The minimum absolute atomic E-state index is 0.925. The Bertz CT molecular complexity index is 640. The first-order chi connectivity index (χ1) is 9.42. The summed E-state index contributed by atoms with van der Waals surface area (Å²) in [4.78, 5) is 3.22. The molecular formula is C17H18N2. The number of H-pyrrole nitrogens is 1. The standard InChI is InChI=1S/C17H18N2/c1-2-4-14(5-3-1)8-10-18-13-15-6-7-17-16(12-15)9-11-19-17/h1-7,9,11-12,18-19H,8,10,13H2. The quantitative estimate of drug-likeness (QED) is 0.666.